The van der Waals surface area contributed by atoms with Gasteiger partial charge in [-0.3, -0.25) is 0 Å². The molecule has 2 nitrogen and oxygen atoms in total. The van der Waals surface area contributed by atoms with Gasteiger partial charge in [0.25, 0.3) is 0 Å². The molecule has 1 N–H and O–H groups in total. The molecule has 1 unspecified atom stereocenters. The average molecular weight is 196 g/mol. The molecule has 2 rings (SSSR count). The molecule has 2 heterocycles. The first kappa shape index (κ1) is 9.16. The summed E-state index contributed by atoms with van der Waals surface area (Å²) in [6, 6.07) is 0. The number of aryl methyl sites for hydroxylation is 2. The molecule has 1 saturated heterocycles. The Hall–Kier alpha value is -0.410. The first-order valence-electron chi connectivity index (χ1n) is 4.96. The fourth-order valence-electron chi connectivity index (χ4n) is 1.86. The van der Waals surface area contributed by atoms with Gasteiger partial charge in [0.2, 0.25) is 0 Å². The highest BCUT2D eigenvalue weighted by atomic mass is 32.1. The molecule has 0 amide bonds. The molecule has 0 radical (unpaired) electrons. The van der Waals surface area contributed by atoms with E-state index in [2.05, 4.69) is 17.2 Å². The third-order valence-corrected chi connectivity index (χ3v) is 3.78. The van der Waals surface area contributed by atoms with E-state index in [9.17, 15) is 0 Å². The van der Waals surface area contributed by atoms with Gasteiger partial charge in [-0.2, -0.15) is 0 Å². The van der Waals surface area contributed by atoms with Gasteiger partial charge < -0.3 is 5.32 Å². The molecule has 0 saturated carbocycles. The van der Waals surface area contributed by atoms with E-state index in [1.165, 1.54) is 42.9 Å². The van der Waals surface area contributed by atoms with Gasteiger partial charge in [-0.1, -0.05) is 0 Å². The summed E-state index contributed by atoms with van der Waals surface area (Å²) in [6.07, 6.45) is 3.91. The lowest BCUT2D eigenvalue weighted by atomic mass is 10.0. The summed E-state index contributed by atoms with van der Waals surface area (Å²) in [5.74, 6) is 0.904. The van der Waals surface area contributed by atoms with Crippen LogP contribution in [-0.4, -0.2) is 18.1 Å². The fourth-order valence-corrected chi connectivity index (χ4v) is 2.66. The topological polar surface area (TPSA) is 24.9 Å². The predicted molar refractivity (Wildman–Crippen MR) is 56.1 cm³/mol. The Morgan fingerprint density at radius 2 is 2.62 bits per heavy atom. The van der Waals surface area contributed by atoms with Gasteiger partial charge in [0, 0.05) is 4.88 Å². The number of thiazole rings is 1. The van der Waals surface area contributed by atoms with Crippen molar-refractivity contribution >= 4 is 11.3 Å². The Morgan fingerprint density at radius 1 is 1.69 bits per heavy atom. The van der Waals surface area contributed by atoms with Gasteiger partial charge in [0.15, 0.2) is 0 Å². The van der Waals surface area contributed by atoms with E-state index >= 15 is 0 Å². The molecule has 1 atom stereocenters. The smallest absolute Gasteiger partial charge is 0.0797 e. The number of rotatable bonds is 3. The molecular formula is C10H16N2S. The van der Waals surface area contributed by atoms with Crippen LogP contribution in [0.15, 0.2) is 5.51 Å². The van der Waals surface area contributed by atoms with Crippen molar-refractivity contribution in [3.05, 3.63) is 16.1 Å². The maximum Gasteiger partial charge on any atom is 0.0797 e. The van der Waals surface area contributed by atoms with Crippen LogP contribution in [0, 0.1) is 12.8 Å². The molecule has 0 bridgehead atoms. The van der Waals surface area contributed by atoms with Gasteiger partial charge in [-0.05, 0) is 45.2 Å². The van der Waals surface area contributed by atoms with Crippen molar-refractivity contribution < 1.29 is 0 Å². The van der Waals surface area contributed by atoms with Crippen LogP contribution in [0.5, 0.6) is 0 Å². The molecule has 1 aliphatic heterocycles. The van der Waals surface area contributed by atoms with E-state index in [1.807, 2.05) is 5.51 Å². The van der Waals surface area contributed by atoms with Gasteiger partial charge in [0.1, 0.15) is 0 Å². The number of aromatic nitrogens is 1. The minimum Gasteiger partial charge on any atom is -0.316 e. The van der Waals surface area contributed by atoms with E-state index in [0.717, 1.165) is 5.92 Å². The first-order valence-corrected chi connectivity index (χ1v) is 5.84. The maximum absolute atomic E-state index is 4.26. The van der Waals surface area contributed by atoms with Gasteiger partial charge in [0.05, 0.1) is 11.2 Å². The zero-order valence-electron chi connectivity index (χ0n) is 8.05. The van der Waals surface area contributed by atoms with Crippen LogP contribution in [-0.2, 0) is 6.42 Å². The largest absolute Gasteiger partial charge is 0.316 e. The summed E-state index contributed by atoms with van der Waals surface area (Å²) in [5.41, 5.74) is 3.19. The van der Waals surface area contributed by atoms with E-state index < -0.39 is 0 Å². The van der Waals surface area contributed by atoms with E-state index in [0.29, 0.717) is 0 Å². The minimum absolute atomic E-state index is 0.904. The Labute approximate surface area is 83.4 Å². The molecule has 3 heteroatoms. The lowest BCUT2D eigenvalue weighted by Crippen LogP contribution is -2.09. The number of nitrogens with one attached hydrogen (secondary N) is 1. The third kappa shape index (κ3) is 2.29. The van der Waals surface area contributed by atoms with Crippen molar-refractivity contribution in [2.75, 3.05) is 13.1 Å². The molecule has 72 valence electrons. The second-order valence-corrected chi connectivity index (χ2v) is 4.70. The molecule has 1 aliphatic rings. The summed E-state index contributed by atoms with van der Waals surface area (Å²) >= 11 is 1.80. The Kier molecular flexibility index (Phi) is 2.96. The van der Waals surface area contributed by atoms with Crippen LogP contribution < -0.4 is 5.32 Å². The van der Waals surface area contributed by atoms with Crippen molar-refractivity contribution in [1.82, 2.24) is 10.3 Å². The lowest BCUT2D eigenvalue weighted by molar-refractivity contribution is 0.534. The summed E-state index contributed by atoms with van der Waals surface area (Å²) in [6.45, 7) is 4.54. The summed E-state index contributed by atoms with van der Waals surface area (Å²) in [5, 5.41) is 3.40. The monoisotopic (exact) mass is 196 g/mol. The quantitative estimate of drug-likeness (QED) is 0.799. The van der Waals surface area contributed by atoms with Crippen molar-refractivity contribution in [1.29, 1.82) is 0 Å². The van der Waals surface area contributed by atoms with E-state index in [1.54, 1.807) is 11.3 Å². The number of hydrogen-bond donors (Lipinski definition) is 1. The van der Waals surface area contributed by atoms with Crippen LogP contribution in [0.4, 0.5) is 0 Å². The van der Waals surface area contributed by atoms with Crippen molar-refractivity contribution in [2.45, 2.75) is 26.2 Å². The highest BCUT2D eigenvalue weighted by Crippen LogP contribution is 2.19. The lowest BCUT2D eigenvalue weighted by Gasteiger charge is -2.06. The van der Waals surface area contributed by atoms with Crippen molar-refractivity contribution in [3.63, 3.8) is 0 Å². The van der Waals surface area contributed by atoms with Crippen LogP contribution in [0.25, 0.3) is 0 Å². The van der Waals surface area contributed by atoms with Gasteiger partial charge in [-0.25, -0.2) is 4.98 Å². The van der Waals surface area contributed by atoms with E-state index in [-0.39, 0.29) is 0 Å². The van der Waals surface area contributed by atoms with Gasteiger partial charge >= 0.3 is 0 Å². The second kappa shape index (κ2) is 4.20. The molecular weight excluding hydrogens is 180 g/mol. The zero-order valence-corrected chi connectivity index (χ0v) is 8.86. The highest BCUT2D eigenvalue weighted by Gasteiger charge is 2.14. The van der Waals surface area contributed by atoms with Crippen LogP contribution >= 0.6 is 11.3 Å². The predicted octanol–water partition coefficient (Wildman–Crippen LogP) is 1.99. The minimum atomic E-state index is 0.904. The number of hydrogen-bond acceptors (Lipinski definition) is 3. The van der Waals surface area contributed by atoms with Crippen molar-refractivity contribution in [2.24, 2.45) is 5.92 Å². The molecule has 1 aromatic heterocycles. The molecule has 1 fully saturated rings. The summed E-state index contributed by atoms with van der Waals surface area (Å²) < 4.78 is 0. The Bertz CT molecular complexity index is 264. The average Bonchev–Trinajstić information content (AvgIpc) is 2.72. The fraction of sp³-hybridized carbons (Fsp3) is 0.700. The highest BCUT2D eigenvalue weighted by molar-refractivity contribution is 7.09. The second-order valence-electron chi connectivity index (χ2n) is 3.76. The summed E-state index contributed by atoms with van der Waals surface area (Å²) in [4.78, 5) is 5.74. The molecule has 1 aromatic rings. The first-order chi connectivity index (χ1) is 6.36. The maximum atomic E-state index is 4.26. The molecule has 0 aliphatic carbocycles. The molecule has 0 spiro atoms. The van der Waals surface area contributed by atoms with Crippen LogP contribution in [0.1, 0.15) is 23.4 Å². The zero-order chi connectivity index (χ0) is 9.10. The van der Waals surface area contributed by atoms with Crippen LogP contribution in [0.2, 0.25) is 0 Å². The van der Waals surface area contributed by atoms with Gasteiger partial charge in [-0.15, -0.1) is 11.3 Å². The van der Waals surface area contributed by atoms with Crippen LogP contribution in [0.3, 0.4) is 0 Å². The Balaban J connectivity index is 1.82. The SMILES string of the molecule is Cc1ncsc1CCC1CCNC1. The summed E-state index contributed by atoms with van der Waals surface area (Å²) in [7, 11) is 0. The Morgan fingerprint density at radius 3 is 3.23 bits per heavy atom. The van der Waals surface area contributed by atoms with E-state index in [4.69, 9.17) is 0 Å². The molecule has 0 aromatic carbocycles. The number of nitrogens with zero attached hydrogens (tertiary/aromatic N) is 1. The molecule has 13 heavy (non-hydrogen) atoms. The third-order valence-electron chi connectivity index (χ3n) is 2.79. The van der Waals surface area contributed by atoms with Crippen molar-refractivity contribution in [3.8, 4) is 0 Å². The normalized spacial score (nSPS) is 22.4. The standard InChI is InChI=1S/C10H16N2S/c1-8-10(13-7-12-8)3-2-9-4-5-11-6-9/h7,9,11H,2-6H2,1H3.